The van der Waals surface area contributed by atoms with Gasteiger partial charge in [0.25, 0.3) is 0 Å². The minimum absolute atomic E-state index is 0.111. The van der Waals surface area contributed by atoms with Gasteiger partial charge in [-0.2, -0.15) is 0 Å². The van der Waals surface area contributed by atoms with Crippen LogP contribution in [0.3, 0.4) is 0 Å². The summed E-state index contributed by atoms with van der Waals surface area (Å²) in [6.07, 6.45) is -0.111. The van der Waals surface area contributed by atoms with Crippen molar-refractivity contribution < 1.29 is 18.7 Å². The van der Waals surface area contributed by atoms with Crippen molar-refractivity contribution in [3.63, 3.8) is 0 Å². The van der Waals surface area contributed by atoms with Crippen LogP contribution in [0, 0.1) is 5.82 Å². The monoisotopic (exact) mass is 372 g/mol. The maximum Gasteiger partial charge on any atom is 0.242 e. The minimum Gasteiger partial charge on any atom is -0.497 e. The highest BCUT2D eigenvalue weighted by Crippen LogP contribution is 2.17. The van der Waals surface area contributed by atoms with Crippen molar-refractivity contribution in [2.24, 2.45) is 0 Å². The fraction of sp³-hybridized carbons (Fsp3) is 0.333. The summed E-state index contributed by atoms with van der Waals surface area (Å²) in [4.78, 5) is 26.7. The predicted octanol–water partition coefficient (Wildman–Crippen LogP) is 2.93. The van der Waals surface area contributed by atoms with Crippen molar-refractivity contribution in [1.29, 1.82) is 0 Å². The Labute approximate surface area is 159 Å². The Morgan fingerprint density at radius 1 is 1.19 bits per heavy atom. The number of benzene rings is 2. The number of methoxy groups -OCH3 is 1. The summed E-state index contributed by atoms with van der Waals surface area (Å²) in [7, 11) is 1.57. The van der Waals surface area contributed by atoms with Crippen LogP contribution in [0.1, 0.15) is 25.0 Å². The highest BCUT2D eigenvalue weighted by molar-refractivity contribution is 5.88. The molecule has 2 rings (SSSR count). The smallest absolute Gasteiger partial charge is 0.242 e. The number of nitrogens with one attached hydrogen (secondary N) is 1. The fourth-order valence-corrected chi connectivity index (χ4v) is 2.78. The summed E-state index contributed by atoms with van der Waals surface area (Å²) in [5, 5.41) is 2.73. The zero-order valence-electron chi connectivity index (χ0n) is 15.9. The van der Waals surface area contributed by atoms with Gasteiger partial charge in [0.05, 0.1) is 13.5 Å². The average molecular weight is 372 g/mol. The molecule has 2 amide bonds. The topological polar surface area (TPSA) is 58.6 Å². The normalized spacial score (nSPS) is 11.6. The zero-order valence-corrected chi connectivity index (χ0v) is 15.9. The lowest BCUT2D eigenvalue weighted by atomic mass is 10.1. The molecule has 0 aliphatic heterocycles. The van der Waals surface area contributed by atoms with Crippen molar-refractivity contribution in [3.05, 3.63) is 65.5 Å². The van der Waals surface area contributed by atoms with Crippen LogP contribution in [0.5, 0.6) is 5.75 Å². The van der Waals surface area contributed by atoms with Crippen molar-refractivity contribution in [2.75, 3.05) is 13.7 Å². The quantitative estimate of drug-likeness (QED) is 0.775. The standard InChI is InChI=1S/C21H25FN2O3/c1-4-23-21(26)15(2)24(14-16-8-7-10-18(12-16)27-3)20(25)13-17-9-5-6-11-19(17)22/h5-12,15H,4,13-14H2,1-3H3,(H,23,26)/t15-/m0/s1. The Balaban J connectivity index is 2.26. The molecule has 27 heavy (non-hydrogen) atoms. The second-order valence-corrected chi connectivity index (χ2v) is 6.21. The van der Waals surface area contributed by atoms with E-state index in [1.807, 2.05) is 31.2 Å². The van der Waals surface area contributed by atoms with Crippen LogP contribution in [0.4, 0.5) is 4.39 Å². The van der Waals surface area contributed by atoms with E-state index in [2.05, 4.69) is 5.32 Å². The summed E-state index contributed by atoms with van der Waals surface area (Å²) in [6.45, 7) is 4.18. The number of likely N-dealkylation sites (N-methyl/N-ethyl adjacent to an activating group) is 1. The molecule has 0 aromatic heterocycles. The van der Waals surface area contributed by atoms with Gasteiger partial charge in [-0.15, -0.1) is 0 Å². The van der Waals surface area contributed by atoms with Crippen LogP contribution >= 0.6 is 0 Å². The molecule has 0 heterocycles. The van der Waals surface area contributed by atoms with Gasteiger partial charge in [-0.05, 0) is 43.2 Å². The van der Waals surface area contributed by atoms with E-state index < -0.39 is 11.9 Å². The Morgan fingerprint density at radius 3 is 2.59 bits per heavy atom. The molecule has 144 valence electrons. The number of carbonyl (C=O) groups excluding carboxylic acids is 2. The maximum atomic E-state index is 14.0. The molecule has 1 N–H and O–H groups in total. The average Bonchev–Trinajstić information content (AvgIpc) is 2.67. The molecule has 6 heteroatoms. The van der Waals surface area contributed by atoms with Gasteiger partial charge < -0.3 is 15.0 Å². The Morgan fingerprint density at radius 2 is 1.93 bits per heavy atom. The summed E-state index contributed by atoms with van der Waals surface area (Å²) in [5.74, 6) is -0.332. The van der Waals surface area contributed by atoms with E-state index in [4.69, 9.17) is 4.74 Å². The van der Waals surface area contributed by atoms with Gasteiger partial charge in [0.2, 0.25) is 11.8 Å². The number of rotatable bonds is 8. The lowest BCUT2D eigenvalue weighted by Gasteiger charge is -2.29. The third-order valence-electron chi connectivity index (χ3n) is 4.30. The van der Waals surface area contributed by atoms with Gasteiger partial charge in [-0.3, -0.25) is 9.59 Å². The van der Waals surface area contributed by atoms with E-state index in [9.17, 15) is 14.0 Å². The van der Waals surface area contributed by atoms with E-state index >= 15 is 0 Å². The first-order valence-electron chi connectivity index (χ1n) is 8.89. The van der Waals surface area contributed by atoms with Gasteiger partial charge >= 0.3 is 0 Å². The molecule has 1 atom stereocenters. The minimum atomic E-state index is -0.685. The van der Waals surface area contributed by atoms with Crippen molar-refractivity contribution >= 4 is 11.8 Å². The lowest BCUT2D eigenvalue weighted by molar-refractivity contribution is -0.140. The summed E-state index contributed by atoms with van der Waals surface area (Å²) < 4.78 is 19.2. The molecule has 2 aromatic rings. The van der Waals surface area contributed by atoms with Crippen LogP contribution in [0.15, 0.2) is 48.5 Å². The molecule has 0 saturated carbocycles. The van der Waals surface area contributed by atoms with Gasteiger partial charge in [-0.25, -0.2) is 4.39 Å². The number of hydrogen-bond acceptors (Lipinski definition) is 3. The second kappa shape index (κ2) is 9.71. The first kappa shape index (κ1) is 20.4. The number of hydrogen-bond donors (Lipinski definition) is 1. The Bertz CT molecular complexity index is 795. The van der Waals surface area contributed by atoms with Gasteiger partial charge in [0.15, 0.2) is 0 Å². The first-order valence-corrected chi connectivity index (χ1v) is 8.89. The third kappa shape index (κ3) is 5.54. The molecule has 0 aliphatic rings. The molecular formula is C21H25FN2O3. The van der Waals surface area contributed by atoms with Crippen LogP contribution in [0.25, 0.3) is 0 Å². The first-order chi connectivity index (χ1) is 13.0. The molecule has 5 nitrogen and oxygen atoms in total. The van der Waals surface area contributed by atoms with Crippen molar-refractivity contribution in [1.82, 2.24) is 10.2 Å². The molecule has 0 bridgehead atoms. The van der Waals surface area contributed by atoms with Gasteiger partial charge in [-0.1, -0.05) is 30.3 Å². The molecular weight excluding hydrogens is 347 g/mol. The van der Waals surface area contributed by atoms with E-state index in [-0.39, 0.29) is 24.8 Å². The van der Waals surface area contributed by atoms with Crippen molar-refractivity contribution in [2.45, 2.75) is 32.9 Å². The molecule has 0 unspecified atom stereocenters. The third-order valence-corrected chi connectivity index (χ3v) is 4.30. The summed E-state index contributed by atoms with van der Waals surface area (Å²) in [5.41, 5.74) is 1.13. The predicted molar refractivity (Wildman–Crippen MR) is 102 cm³/mol. The number of amides is 2. The van der Waals surface area contributed by atoms with Gasteiger partial charge in [0, 0.05) is 13.1 Å². The highest BCUT2D eigenvalue weighted by Gasteiger charge is 2.26. The van der Waals surface area contributed by atoms with Crippen LogP contribution in [-0.4, -0.2) is 36.4 Å². The number of carbonyl (C=O) groups is 2. The van der Waals surface area contributed by atoms with Gasteiger partial charge in [0.1, 0.15) is 17.6 Å². The maximum absolute atomic E-state index is 14.0. The number of ether oxygens (including phenoxy) is 1. The van der Waals surface area contributed by atoms with Crippen molar-refractivity contribution in [3.8, 4) is 5.75 Å². The highest BCUT2D eigenvalue weighted by atomic mass is 19.1. The van der Waals surface area contributed by atoms with Crippen LogP contribution in [-0.2, 0) is 22.6 Å². The second-order valence-electron chi connectivity index (χ2n) is 6.21. The molecule has 2 aromatic carbocycles. The van der Waals surface area contributed by atoms with E-state index in [1.54, 1.807) is 32.2 Å². The SMILES string of the molecule is CCNC(=O)[C@H](C)N(Cc1cccc(OC)c1)C(=O)Cc1ccccc1F. The van der Waals surface area contributed by atoms with Crippen LogP contribution in [0.2, 0.25) is 0 Å². The Kier molecular flexibility index (Phi) is 7.34. The van der Waals surface area contributed by atoms with Crippen LogP contribution < -0.4 is 10.1 Å². The lowest BCUT2D eigenvalue weighted by Crippen LogP contribution is -2.48. The molecule has 0 fully saturated rings. The summed E-state index contributed by atoms with van der Waals surface area (Å²) >= 11 is 0. The molecule has 0 aliphatic carbocycles. The van der Waals surface area contributed by atoms with E-state index in [0.717, 1.165) is 5.56 Å². The molecule has 0 radical (unpaired) electrons. The van der Waals surface area contributed by atoms with E-state index in [1.165, 1.54) is 11.0 Å². The zero-order chi connectivity index (χ0) is 19.8. The summed E-state index contributed by atoms with van der Waals surface area (Å²) in [6, 6.07) is 12.8. The largest absolute Gasteiger partial charge is 0.497 e. The molecule has 0 saturated heterocycles. The number of nitrogens with zero attached hydrogens (tertiary/aromatic N) is 1. The number of halogens is 1. The molecule has 0 spiro atoms. The van der Waals surface area contributed by atoms with E-state index in [0.29, 0.717) is 17.9 Å². The Hall–Kier alpha value is -2.89. The fourth-order valence-electron chi connectivity index (χ4n) is 2.78.